The van der Waals surface area contributed by atoms with Gasteiger partial charge in [0.1, 0.15) is 5.69 Å². The Morgan fingerprint density at radius 2 is 1.51 bits per heavy atom. The van der Waals surface area contributed by atoms with E-state index < -0.39 is 15.9 Å². The number of aryl methyl sites for hydroxylation is 1. The lowest BCUT2D eigenvalue weighted by molar-refractivity contribution is 0.0706. The molecule has 1 unspecified atom stereocenters. The van der Waals surface area contributed by atoms with E-state index >= 15 is 0 Å². The highest BCUT2D eigenvalue weighted by molar-refractivity contribution is 7.89. The molecular formula is C31H32N4O5S. The molecule has 0 fully saturated rings. The normalized spacial score (nSPS) is 14.9. The van der Waals surface area contributed by atoms with Gasteiger partial charge in [-0.15, -0.1) is 0 Å². The highest BCUT2D eigenvalue weighted by Gasteiger charge is 2.30. The van der Waals surface area contributed by atoms with Gasteiger partial charge < -0.3 is 9.88 Å². The van der Waals surface area contributed by atoms with Crippen molar-refractivity contribution in [1.82, 2.24) is 19.7 Å². The average molecular weight is 573 g/mol. The maximum absolute atomic E-state index is 14.0. The molecule has 0 saturated heterocycles. The topological polar surface area (TPSA) is 121 Å². The summed E-state index contributed by atoms with van der Waals surface area (Å²) in [7, 11) is -2.37. The zero-order valence-corrected chi connectivity index (χ0v) is 23.5. The van der Waals surface area contributed by atoms with Crippen molar-refractivity contribution in [2.24, 2.45) is 7.05 Å². The summed E-state index contributed by atoms with van der Waals surface area (Å²) in [4.78, 5) is 25.0. The van der Waals surface area contributed by atoms with E-state index in [4.69, 9.17) is 5.21 Å². The van der Waals surface area contributed by atoms with E-state index in [1.54, 1.807) is 30.7 Å². The summed E-state index contributed by atoms with van der Waals surface area (Å²) in [5.41, 5.74) is 6.02. The summed E-state index contributed by atoms with van der Waals surface area (Å²) in [5.74, 6) is -0.917. The Morgan fingerprint density at radius 1 is 0.878 bits per heavy atom. The first-order valence-electron chi connectivity index (χ1n) is 13.4. The lowest BCUT2D eigenvalue weighted by Crippen LogP contribution is -2.40. The van der Waals surface area contributed by atoms with Gasteiger partial charge in [0.2, 0.25) is 0 Å². The summed E-state index contributed by atoms with van der Waals surface area (Å²) in [6, 6.07) is 27.0. The molecule has 2 amide bonds. The first-order chi connectivity index (χ1) is 19.8. The fraction of sp³-hybridized carbons (Fsp3) is 0.226. The zero-order valence-electron chi connectivity index (χ0n) is 22.7. The Balaban J connectivity index is 1.34. The van der Waals surface area contributed by atoms with Crippen LogP contribution in [0.2, 0.25) is 0 Å². The Labute approximate surface area is 239 Å². The van der Waals surface area contributed by atoms with Crippen LogP contribution in [0.25, 0.3) is 0 Å². The smallest absolute Gasteiger partial charge is 0.274 e. The Kier molecular flexibility index (Phi) is 8.34. The van der Waals surface area contributed by atoms with Crippen molar-refractivity contribution >= 4 is 21.8 Å². The van der Waals surface area contributed by atoms with Crippen LogP contribution in [0.15, 0.2) is 96.0 Å². The van der Waals surface area contributed by atoms with Gasteiger partial charge in [-0.25, -0.2) is 13.9 Å². The first kappa shape index (κ1) is 28.3. The van der Waals surface area contributed by atoms with E-state index in [1.165, 1.54) is 14.9 Å². The number of hydrogen-bond donors (Lipinski definition) is 3. The van der Waals surface area contributed by atoms with Crippen molar-refractivity contribution < 1.29 is 23.2 Å². The quantitative estimate of drug-likeness (QED) is 0.208. The summed E-state index contributed by atoms with van der Waals surface area (Å²) < 4.78 is 30.8. The first-order valence-corrected chi connectivity index (χ1v) is 14.8. The number of carbonyl (C=O) groups is 2. The fourth-order valence-electron chi connectivity index (χ4n) is 5.26. The van der Waals surface area contributed by atoms with Crippen LogP contribution in [0, 0.1) is 0 Å². The molecule has 0 radical (unpaired) electrons. The number of aromatic nitrogens is 1. The molecule has 1 aliphatic carbocycles. The molecule has 0 aliphatic heterocycles. The van der Waals surface area contributed by atoms with Crippen molar-refractivity contribution in [3.63, 3.8) is 0 Å². The maximum atomic E-state index is 14.0. The van der Waals surface area contributed by atoms with Crippen LogP contribution >= 0.6 is 0 Å². The molecule has 5 rings (SSSR count). The van der Waals surface area contributed by atoms with Crippen molar-refractivity contribution in [3.05, 3.63) is 125 Å². The zero-order chi connectivity index (χ0) is 29.0. The molecule has 1 atom stereocenters. The van der Waals surface area contributed by atoms with Gasteiger partial charge in [-0.05, 0) is 65.8 Å². The van der Waals surface area contributed by atoms with Gasteiger partial charge in [-0.3, -0.25) is 14.8 Å². The summed E-state index contributed by atoms with van der Waals surface area (Å²) in [6.07, 6.45) is 1.91. The minimum atomic E-state index is -3.96. The third-order valence-electron chi connectivity index (χ3n) is 7.45. The molecule has 9 nitrogen and oxygen atoms in total. The van der Waals surface area contributed by atoms with Gasteiger partial charge in [0, 0.05) is 31.7 Å². The molecule has 212 valence electrons. The molecular weight excluding hydrogens is 540 g/mol. The second-order valence-corrected chi connectivity index (χ2v) is 12.1. The summed E-state index contributed by atoms with van der Waals surface area (Å²) in [6.45, 7) is 0.377. The SMILES string of the molecule is Cn1c(C(=O)NC2CCc3cc(C(=O)NO)ccc3C2)ccc1S(=O)(=O)N(Cc1ccccc1)Cc1ccccc1. The molecule has 1 heterocycles. The van der Waals surface area contributed by atoms with Crippen LogP contribution in [-0.4, -0.2) is 40.4 Å². The highest BCUT2D eigenvalue weighted by Crippen LogP contribution is 2.25. The molecule has 1 aromatic heterocycles. The van der Waals surface area contributed by atoms with Crippen LogP contribution in [0.3, 0.4) is 0 Å². The predicted octanol–water partition coefficient (Wildman–Crippen LogP) is 3.82. The number of hydrogen-bond acceptors (Lipinski definition) is 5. The van der Waals surface area contributed by atoms with Gasteiger partial charge in [0.05, 0.1) is 0 Å². The minimum absolute atomic E-state index is 0.0400. The number of hydroxylamine groups is 1. The molecule has 4 aromatic rings. The highest BCUT2D eigenvalue weighted by atomic mass is 32.2. The van der Waals surface area contributed by atoms with Crippen LogP contribution in [0.1, 0.15) is 49.5 Å². The van der Waals surface area contributed by atoms with E-state index in [1.807, 2.05) is 66.7 Å². The summed E-state index contributed by atoms with van der Waals surface area (Å²) >= 11 is 0. The predicted molar refractivity (Wildman–Crippen MR) is 154 cm³/mol. The van der Waals surface area contributed by atoms with Gasteiger partial charge in [0.25, 0.3) is 21.8 Å². The van der Waals surface area contributed by atoms with Crippen LogP contribution in [0.4, 0.5) is 0 Å². The Bertz CT molecular complexity index is 1610. The fourth-order valence-corrected chi connectivity index (χ4v) is 6.84. The van der Waals surface area contributed by atoms with Gasteiger partial charge in [0.15, 0.2) is 5.03 Å². The van der Waals surface area contributed by atoms with Crippen LogP contribution < -0.4 is 10.8 Å². The Hall–Kier alpha value is -4.25. The second-order valence-electron chi connectivity index (χ2n) is 10.2. The lowest BCUT2D eigenvalue weighted by Gasteiger charge is -2.26. The van der Waals surface area contributed by atoms with E-state index in [0.717, 1.165) is 22.3 Å². The monoisotopic (exact) mass is 572 g/mol. The van der Waals surface area contributed by atoms with Crippen LogP contribution in [-0.2, 0) is 43.0 Å². The molecule has 0 bridgehead atoms. The molecule has 3 aromatic carbocycles. The van der Waals surface area contributed by atoms with Crippen LogP contribution in [0.5, 0.6) is 0 Å². The number of carbonyl (C=O) groups excluding carboxylic acids is 2. The van der Waals surface area contributed by atoms with Crippen molar-refractivity contribution in [1.29, 1.82) is 0 Å². The third-order valence-corrected chi connectivity index (χ3v) is 9.33. The van der Waals surface area contributed by atoms with Gasteiger partial charge in [-0.1, -0.05) is 66.7 Å². The number of benzene rings is 3. The number of nitrogens with zero attached hydrogens (tertiary/aromatic N) is 2. The largest absolute Gasteiger partial charge is 0.348 e. The number of rotatable bonds is 9. The molecule has 3 N–H and O–H groups in total. The standard InChI is InChI=1S/C31H32N4O5S/c1-34-28(31(37)32-27-15-14-24-18-26(30(36)33-38)13-12-25(24)19-27)16-17-29(34)41(39,40)35(20-22-8-4-2-5-9-22)21-23-10-6-3-7-11-23/h2-13,16-18,27,38H,14-15,19-21H2,1H3,(H,32,37)(H,33,36). The van der Waals surface area contributed by atoms with Crippen molar-refractivity contribution in [3.8, 4) is 0 Å². The number of amides is 2. The number of nitrogens with one attached hydrogen (secondary N) is 2. The molecule has 41 heavy (non-hydrogen) atoms. The van der Waals surface area contributed by atoms with Crippen molar-refractivity contribution in [2.75, 3.05) is 0 Å². The minimum Gasteiger partial charge on any atom is -0.348 e. The third kappa shape index (κ3) is 6.25. The van der Waals surface area contributed by atoms with Crippen molar-refractivity contribution in [2.45, 2.75) is 43.4 Å². The van der Waals surface area contributed by atoms with E-state index in [-0.39, 0.29) is 35.8 Å². The molecule has 1 aliphatic rings. The molecule has 0 saturated carbocycles. The summed E-state index contributed by atoms with van der Waals surface area (Å²) in [5, 5.41) is 12.0. The molecule has 0 spiro atoms. The number of fused-ring (bicyclic) bond motifs is 1. The second kappa shape index (κ2) is 12.1. The average Bonchev–Trinajstić information content (AvgIpc) is 3.39. The van der Waals surface area contributed by atoms with E-state index in [0.29, 0.717) is 24.8 Å². The van der Waals surface area contributed by atoms with E-state index in [9.17, 15) is 18.0 Å². The van der Waals surface area contributed by atoms with E-state index in [2.05, 4.69) is 5.32 Å². The Morgan fingerprint density at radius 3 is 2.12 bits per heavy atom. The molecule has 10 heteroatoms. The van der Waals surface area contributed by atoms with Gasteiger partial charge in [-0.2, -0.15) is 4.31 Å². The number of sulfonamides is 1. The lowest BCUT2D eigenvalue weighted by atomic mass is 9.87. The maximum Gasteiger partial charge on any atom is 0.274 e. The van der Waals surface area contributed by atoms with Gasteiger partial charge >= 0.3 is 0 Å².